The fraction of sp³-hybridized carbons (Fsp3) is 0.417. The lowest BCUT2D eigenvalue weighted by atomic mass is 10.1. The lowest BCUT2D eigenvalue weighted by Crippen LogP contribution is -2.29. The van der Waals surface area contributed by atoms with Crippen LogP contribution in [-0.2, 0) is 0 Å². The minimum atomic E-state index is -0.301. The third kappa shape index (κ3) is 3.44. The van der Waals surface area contributed by atoms with E-state index in [0.717, 1.165) is 12.1 Å². The summed E-state index contributed by atoms with van der Waals surface area (Å²) >= 11 is 0. The Morgan fingerprint density at radius 2 is 2.33 bits per heavy atom. The molecule has 0 amide bonds. The van der Waals surface area contributed by atoms with Crippen LogP contribution in [0.2, 0.25) is 0 Å². The molecule has 2 unspecified atom stereocenters. The third-order valence-corrected chi connectivity index (χ3v) is 2.33. The maximum absolute atomic E-state index is 12.7. The van der Waals surface area contributed by atoms with Gasteiger partial charge in [-0.15, -0.1) is 6.58 Å². The Balaban J connectivity index is 2.73. The van der Waals surface area contributed by atoms with Crippen LogP contribution in [0, 0.1) is 5.82 Å². The Hall–Kier alpha value is -1.22. The molecular weight excluding hydrogens is 191 g/mol. The largest absolute Gasteiger partial charge is 0.303 e. The first-order chi connectivity index (χ1) is 7.17. The number of nitrogens with zero attached hydrogens (tertiary/aromatic N) is 1. The van der Waals surface area contributed by atoms with Crippen molar-refractivity contribution in [2.75, 3.05) is 0 Å². The zero-order valence-corrected chi connectivity index (χ0v) is 9.20. The summed E-state index contributed by atoms with van der Waals surface area (Å²) in [5, 5.41) is 3.35. The SMILES string of the molecule is C=CC(C)NC(CC)c1ccc(F)cn1. The van der Waals surface area contributed by atoms with Crippen LogP contribution in [0.5, 0.6) is 0 Å². The second-order valence-electron chi connectivity index (χ2n) is 3.55. The fourth-order valence-corrected chi connectivity index (χ4v) is 1.39. The monoisotopic (exact) mass is 208 g/mol. The molecule has 0 spiro atoms. The van der Waals surface area contributed by atoms with Gasteiger partial charge in [0.1, 0.15) is 5.82 Å². The molecule has 2 nitrogen and oxygen atoms in total. The Morgan fingerprint density at radius 1 is 1.60 bits per heavy atom. The van der Waals surface area contributed by atoms with Gasteiger partial charge in [0.2, 0.25) is 0 Å². The summed E-state index contributed by atoms with van der Waals surface area (Å²) in [6.07, 6.45) is 4.00. The number of rotatable bonds is 5. The highest BCUT2D eigenvalue weighted by molar-refractivity contribution is 5.10. The van der Waals surface area contributed by atoms with Crippen molar-refractivity contribution in [3.63, 3.8) is 0 Å². The van der Waals surface area contributed by atoms with Gasteiger partial charge in [0.25, 0.3) is 0 Å². The average Bonchev–Trinajstić information content (AvgIpc) is 2.27. The van der Waals surface area contributed by atoms with Gasteiger partial charge >= 0.3 is 0 Å². The molecule has 2 atom stereocenters. The Labute approximate surface area is 90.2 Å². The second kappa shape index (κ2) is 5.61. The van der Waals surface area contributed by atoms with Crippen molar-refractivity contribution in [3.05, 3.63) is 42.5 Å². The highest BCUT2D eigenvalue weighted by atomic mass is 19.1. The molecule has 0 aliphatic rings. The average molecular weight is 208 g/mol. The van der Waals surface area contributed by atoms with Gasteiger partial charge in [-0.2, -0.15) is 0 Å². The molecule has 1 rings (SSSR count). The van der Waals surface area contributed by atoms with Crippen molar-refractivity contribution in [3.8, 4) is 0 Å². The molecular formula is C12H17FN2. The molecule has 0 aliphatic heterocycles. The van der Waals surface area contributed by atoms with Crippen LogP contribution in [0.3, 0.4) is 0 Å². The van der Waals surface area contributed by atoms with Crippen LogP contribution in [0.1, 0.15) is 32.0 Å². The molecule has 0 aliphatic carbocycles. The maximum Gasteiger partial charge on any atom is 0.141 e. The van der Waals surface area contributed by atoms with Gasteiger partial charge in [-0.3, -0.25) is 4.98 Å². The molecule has 1 aromatic rings. The molecule has 0 radical (unpaired) electrons. The van der Waals surface area contributed by atoms with E-state index in [9.17, 15) is 4.39 Å². The van der Waals surface area contributed by atoms with Crippen LogP contribution in [-0.4, -0.2) is 11.0 Å². The summed E-state index contributed by atoms with van der Waals surface area (Å²) in [6.45, 7) is 7.81. The molecule has 1 N–H and O–H groups in total. The summed E-state index contributed by atoms with van der Waals surface area (Å²) in [4.78, 5) is 4.06. The van der Waals surface area contributed by atoms with Crippen LogP contribution < -0.4 is 5.32 Å². The predicted octanol–water partition coefficient (Wildman–Crippen LogP) is 2.84. The Morgan fingerprint density at radius 3 is 2.80 bits per heavy atom. The minimum Gasteiger partial charge on any atom is -0.303 e. The van der Waals surface area contributed by atoms with Crippen molar-refractivity contribution < 1.29 is 4.39 Å². The van der Waals surface area contributed by atoms with Gasteiger partial charge in [0, 0.05) is 12.1 Å². The van der Waals surface area contributed by atoms with Crippen molar-refractivity contribution in [1.29, 1.82) is 0 Å². The topological polar surface area (TPSA) is 24.9 Å². The van der Waals surface area contributed by atoms with Gasteiger partial charge in [0.05, 0.1) is 11.9 Å². The van der Waals surface area contributed by atoms with Crippen LogP contribution in [0.4, 0.5) is 4.39 Å². The molecule has 3 heteroatoms. The molecule has 0 saturated heterocycles. The van der Waals surface area contributed by atoms with E-state index >= 15 is 0 Å². The summed E-state index contributed by atoms with van der Waals surface area (Å²) in [5.74, 6) is -0.301. The first kappa shape index (κ1) is 11.9. The highest BCUT2D eigenvalue weighted by Gasteiger charge is 2.11. The van der Waals surface area contributed by atoms with Crippen molar-refractivity contribution in [2.45, 2.75) is 32.4 Å². The highest BCUT2D eigenvalue weighted by Crippen LogP contribution is 2.14. The number of hydrogen-bond acceptors (Lipinski definition) is 2. The van der Waals surface area contributed by atoms with E-state index < -0.39 is 0 Å². The predicted molar refractivity (Wildman–Crippen MR) is 60.0 cm³/mol. The zero-order valence-electron chi connectivity index (χ0n) is 9.20. The van der Waals surface area contributed by atoms with Gasteiger partial charge in [-0.25, -0.2) is 4.39 Å². The summed E-state index contributed by atoms with van der Waals surface area (Å²) in [7, 11) is 0. The lowest BCUT2D eigenvalue weighted by molar-refractivity contribution is 0.478. The molecule has 0 saturated carbocycles. The van der Waals surface area contributed by atoms with E-state index in [2.05, 4.69) is 23.8 Å². The maximum atomic E-state index is 12.7. The normalized spacial score (nSPS) is 14.6. The molecule has 0 aromatic carbocycles. The summed E-state index contributed by atoms with van der Waals surface area (Å²) in [5.41, 5.74) is 0.868. The number of halogens is 1. The number of nitrogens with one attached hydrogen (secondary N) is 1. The van der Waals surface area contributed by atoms with E-state index in [-0.39, 0.29) is 17.9 Å². The first-order valence-corrected chi connectivity index (χ1v) is 5.17. The quantitative estimate of drug-likeness (QED) is 0.753. The zero-order chi connectivity index (χ0) is 11.3. The van der Waals surface area contributed by atoms with E-state index in [4.69, 9.17) is 0 Å². The first-order valence-electron chi connectivity index (χ1n) is 5.17. The molecule has 0 fully saturated rings. The smallest absolute Gasteiger partial charge is 0.141 e. The number of hydrogen-bond donors (Lipinski definition) is 1. The van der Waals surface area contributed by atoms with Crippen LogP contribution >= 0.6 is 0 Å². The van der Waals surface area contributed by atoms with E-state index in [1.807, 2.05) is 13.0 Å². The third-order valence-electron chi connectivity index (χ3n) is 2.33. The minimum absolute atomic E-state index is 0.151. The van der Waals surface area contributed by atoms with Crippen molar-refractivity contribution >= 4 is 0 Å². The van der Waals surface area contributed by atoms with E-state index in [1.54, 1.807) is 6.07 Å². The Bertz CT molecular complexity index is 308. The van der Waals surface area contributed by atoms with Gasteiger partial charge in [-0.05, 0) is 25.5 Å². The number of pyridine rings is 1. The van der Waals surface area contributed by atoms with Gasteiger partial charge in [-0.1, -0.05) is 13.0 Å². The van der Waals surface area contributed by atoms with Gasteiger partial charge < -0.3 is 5.32 Å². The lowest BCUT2D eigenvalue weighted by Gasteiger charge is -2.19. The van der Waals surface area contributed by atoms with Gasteiger partial charge in [0.15, 0.2) is 0 Å². The van der Waals surface area contributed by atoms with Crippen molar-refractivity contribution in [2.24, 2.45) is 0 Å². The number of aromatic nitrogens is 1. The molecule has 0 bridgehead atoms. The second-order valence-corrected chi connectivity index (χ2v) is 3.55. The summed E-state index contributed by atoms with van der Waals surface area (Å²) in [6, 6.07) is 3.53. The van der Waals surface area contributed by atoms with Crippen molar-refractivity contribution in [1.82, 2.24) is 10.3 Å². The Kier molecular flexibility index (Phi) is 4.43. The van der Waals surface area contributed by atoms with Crippen LogP contribution in [0.15, 0.2) is 31.0 Å². The summed E-state index contributed by atoms with van der Waals surface area (Å²) < 4.78 is 12.7. The standard InChI is InChI=1S/C12H17FN2/c1-4-9(3)15-11(5-2)12-7-6-10(13)8-14-12/h4,6-9,11,15H,1,5H2,2-3H3. The molecule has 82 valence electrons. The van der Waals surface area contributed by atoms with E-state index in [1.165, 1.54) is 12.3 Å². The molecule has 15 heavy (non-hydrogen) atoms. The van der Waals surface area contributed by atoms with E-state index in [0.29, 0.717) is 0 Å². The molecule has 1 aromatic heterocycles. The molecule has 1 heterocycles. The fourth-order valence-electron chi connectivity index (χ4n) is 1.39. The van der Waals surface area contributed by atoms with Crippen LogP contribution in [0.25, 0.3) is 0 Å².